The van der Waals surface area contributed by atoms with Gasteiger partial charge in [-0.2, -0.15) is 0 Å². The maximum Gasteiger partial charge on any atom is 0.0235 e. The molecule has 0 radical (unpaired) electrons. The molecule has 4 unspecified atom stereocenters. The van der Waals surface area contributed by atoms with Crippen LogP contribution in [0, 0.1) is 5.92 Å². The van der Waals surface area contributed by atoms with E-state index in [0.717, 1.165) is 24.0 Å². The number of likely N-dealkylation sites (tertiary alicyclic amines) is 1. The summed E-state index contributed by atoms with van der Waals surface area (Å²) in [6.07, 6.45) is 5.63. The normalized spacial score (nSPS) is 41.1. The molecular weight excluding hydrogens is 234 g/mol. The second kappa shape index (κ2) is 5.71. The lowest BCUT2D eigenvalue weighted by Crippen LogP contribution is -2.50. The highest BCUT2D eigenvalue weighted by Gasteiger charge is 2.36. The van der Waals surface area contributed by atoms with Crippen molar-refractivity contribution in [2.24, 2.45) is 5.92 Å². The summed E-state index contributed by atoms with van der Waals surface area (Å²) in [5, 5.41) is 4.00. The lowest BCUT2D eigenvalue weighted by atomic mass is 9.95. The molecule has 110 valence electrons. The summed E-state index contributed by atoms with van der Waals surface area (Å²) in [5.41, 5.74) is 0. The molecule has 0 aliphatic carbocycles. The van der Waals surface area contributed by atoms with Crippen molar-refractivity contribution >= 4 is 0 Å². The topological polar surface area (TPSA) is 18.5 Å². The van der Waals surface area contributed by atoms with E-state index in [2.05, 4.69) is 35.9 Å². The van der Waals surface area contributed by atoms with E-state index in [-0.39, 0.29) is 0 Å². The summed E-state index contributed by atoms with van der Waals surface area (Å²) in [6, 6.07) is 3.09. The van der Waals surface area contributed by atoms with Crippen molar-refractivity contribution in [2.75, 3.05) is 26.2 Å². The highest BCUT2D eigenvalue weighted by atomic mass is 15.2. The molecule has 0 aromatic rings. The van der Waals surface area contributed by atoms with Gasteiger partial charge in [0.15, 0.2) is 0 Å². The summed E-state index contributed by atoms with van der Waals surface area (Å²) in [6.45, 7) is 12.3. The number of piperidine rings is 1. The van der Waals surface area contributed by atoms with E-state index in [1.165, 1.54) is 51.9 Å². The molecule has 3 heterocycles. The lowest BCUT2D eigenvalue weighted by Gasteiger charge is -2.37. The van der Waals surface area contributed by atoms with Crippen LogP contribution in [0.4, 0.5) is 0 Å². The zero-order valence-corrected chi connectivity index (χ0v) is 12.9. The number of nitrogens with one attached hydrogen (secondary N) is 1. The Hall–Kier alpha value is -0.120. The van der Waals surface area contributed by atoms with Gasteiger partial charge in [-0.1, -0.05) is 6.92 Å². The van der Waals surface area contributed by atoms with Gasteiger partial charge in [0.05, 0.1) is 0 Å². The average Bonchev–Trinajstić information content (AvgIpc) is 2.96. The van der Waals surface area contributed by atoms with Crippen LogP contribution in [-0.2, 0) is 0 Å². The smallest absolute Gasteiger partial charge is 0.0235 e. The molecule has 19 heavy (non-hydrogen) atoms. The van der Waals surface area contributed by atoms with Crippen LogP contribution in [-0.4, -0.2) is 60.1 Å². The Morgan fingerprint density at radius 2 is 1.95 bits per heavy atom. The second-order valence-electron chi connectivity index (χ2n) is 7.35. The Labute approximate surface area is 118 Å². The third-order valence-electron chi connectivity index (χ3n) is 5.64. The second-order valence-corrected chi connectivity index (χ2v) is 7.35. The van der Waals surface area contributed by atoms with Crippen molar-refractivity contribution < 1.29 is 0 Å². The van der Waals surface area contributed by atoms with E-state index in [0.29, 0.717) is 6.04 Å². The Morgan fingerprint density at radius 3 is 2.68 bits per heavy atom. The fraction of sp³-hybridized carbons (Fsp3) is 1.00. The number of nitrogens with zero attached hydrogens (tertiary/aromatic N) is 2. The summed E-state index contributed by atoms with van der Waals surface area (Å²) in [4.78, 5) is 5.35. The molecule has 1 N–H and O–H groups in total. The number of hydrogen-bond donors (Lipinski definition) is 1. The van der Waals surface area contributed by atoms with Gasteiger partial charge in [0.1, 0.15) is 0 Å². The van der Waals surface area contributed by atoms with Crippen LogP contribution in [0.2, 0.25) is 0 Å². The van der Waals surface area contributed by atoms with Crippen LogP contribution in [0.15, 0.2) is 0 Å². The minimum atomic E-state index is 0.700. The Balaban J connectivity index is 1.51. The molecule has 0 aromatic carbocycles. The van der Waals surface area contributed by atoms with Crippen LogP contribution in [0.25, 0.3) is 0 Å². The molecule has 3 aliphatic rings. The molecular formula is C16H31N3. The van der Waals surface area contributed by atoms with Gasteiger partial charge in [-0.15, -0.1) is 0 Å². The first-order valence-electron chi connectivity index (χ1n) is 8.37. The molecule has 4 atom stereocenters. The first-order chi connectivity index (χ1) is 9.13. The van der Waals surface area contributed by atoms with Crippen LogP contribution in [0.1, 0.15) is 46.5 Å². The maximum absolute atomic E-state index is 4.00. The van der Waals surface area contributed by atoms with Crippen molar-refractivity contribution in [1.29, 1.82) is 0 Å². The van der Waals surface area contributed by atoms with E-state index >= 15 is 0 Å². The highest BCUT2D eigenvalue weighted by molar-refractivity contribution is 4.94. The van der Waals surface area contributed by atoms with Gasteiger partial charge in [-0.05, 0) is 58.5 Å². The van der Waals surface area contributed by atoms with Gasteiger partial charge in [-0.3, -0.25) is 4.90 Å². The standard InChI is InChI=1S/C16H31N3/c1-12(2)19-10-13(3)16(11-19)17-14-6-8-18-7-4-5-15(18)9-14/h12-17H,4-11H2,1-3H3. The van der Waals surface area contributed by atoms with E-state index in [9.17, 15) is 0 Å². The van der Waals surface area contributed by atoms with Crippen molar-refractivity contribution in [3.63, 3.8) is 0 Å². The molecule has 0 saturated carbocycles. The van der Waals surface area contributed by atoms with E-state index in [4.69, 9.17) is 0 Å². The first kappa shape index (κ1) is 13.8. The predicted molar refractivity (Wildman–Crippen MR) is 80.4 cm³/mol. The monoisotopic (exact) mass is 265 g/mol. The molecule has 3 rings (SSSR count). The van der Waals surface area contributed by atoms with E-state index in [1.54, 1.807) is 0 Å². The van der Waals surface area contributed by atoms with Crippen LogP contribution in [0.5, 0.6) is 0 Å². The highest BCUT2D eigenvalue weighted by Crippen LogP contribution is 2.28. The summed E-state index contributed by atoms with van der Waals surface area (Å²) in [5.74, 6) is 0.809. The molecule has 0 bridgehead atoms. The lowest BCUT2D eigenvalue weighted by molar-refractivity contribution is 0.157. The SMILES string of the molecule is CC1CN(C(C)C)CC1NC1CCN2CCCC2C1. The fourth-order valence-electron chi connectivity index (χ4n) is 4.32. The van der Waals surface area contributed by atoms with E-state index < -0.39 is 0 Å². The Bertz CT molecular complexity index is 304. The zero-order chi connectivity index (χ0) is 13.4. The van der Waals surface area contributed by atoms with Gasteiger partial charge in [-0.25, -0.2) is 0 Å². The fourth-order valence-corrected chi connectivity index (χ4v) is 4.32. The third kappa shape index (κ3) is 2.98. The van der Waals surface area contributed by atoms with Gasteiger partial charge in [0, 0.05) is 37.3 Å². The van der Waals surface area contributed by atoms with Gasteiger partial charge >= 0.3 is 0 Å². The molecule has 3 heteroatoms. The molecule has 3 saturated heterocycles. The van der Waals surface area contributed by atoms with Crippen LogP contribution < -0.4 is 5.32 Å². The van der Waals surface area contributed by atoms with Crippen molar-refractivity contribution in [1.82, 2.24) is 15.1 Å². The number of fused-ring (bicyclic) bond motifs is 1. The summed E-state index contributed by atoms with van der Waals surface area (Å²) >= 11 is 0. The van der Waals surface area contributed by atoms with Crippen molar-refractivity contribution in [3.05, 3.63) is 0 Å². The van der Waals surface area contributed by atoms with Crippen molar-refractivity contribution in [2.45, 2.75) is 70.6 Å². The quantitative estimate of drug-likeness (QED) is 0.841. The van der Waals surface area contributed by atoms with Crippen LogP contribution in [0.3, 0.4) is 0 Å². The summed E-state index contributed by atoms with van der Waals surface area (Å²) < 4.78 is 0. The van der Waals surface area contributed by atoms with Crippen LogP contribution >= 0.6 is 0 Å². The molecule has 0 amide bonds. The predicted octanol–water partition coefficient (Wildman–Crippen LogP) is 1.93. The van der Waals surface area contributed by atoms with Gasteiger partial charge in [0.2, 0.25) is 0 Å². The molecule has 3 nitrogen and oxygen atoms in total. The first-order valence-corrected chi connectivity index (χ1v) is 8.37. The van der Waals surface area contributed by atoms with E-state index in [1.807, 2.05) is 0 Å². The Kier molecular flexibility index (Phi) is 4.16. The Morgan fingerprint density at radius 1 is 1.11 bits per heavy atom. The van der Waals surface area contributed by atoms with Crippen molar-refractivity contribution in [3.8, 4) is 0 Å². The summed E-state index contributed by atoms with van der Waals surface area (Å²) in [7, 11) is 0. The third-order valence-corrected chi connectivity index (χ3v) is 5.64. The molecule has 0 spiro atoms. The van der Waals surface area contributed by atoms with Gasteiger partial charge in [0.25, 0.3) is 0 Å². The largest absolute Gasteiger partial charge is 0.310 e. The number of rotatable bonds is 3. The number of hydrogen-bond acceptors (Lipinski definition) is 3. The minimum absolute atomic E-state index is 0.700. The maximum atomic E-state index is 4.00. The van der Waals surface area contributed by atoms with Gasteiger partial charge < -0.3 is 10.2 Å². The molecule has 0 aromatic heterocycles. The molecule has 3 aliphatic heterocycles. The average molecular weight is 265 g/mol. The molecule has 3 fully saturated rings. The zero-order valence-electron chi connectivity index (χ0n) is 12.9. The minimum Gasteiger partial charge on any atom is -0.310 e.